The van der Waals surface area contributed by atoms with Gasteiger partial charge in [-0.1, -0.05) is 0 Å². The lowest BCUT2D eigenvalue weighted by Crippen LogP contribution is -2.94. The first-order valence-corrected chi connectivity index (χ1v) is 10.4. The zero-order valence-corrected chi connectivity index (χ0v) is 16.2. The topological polar surface area (TPSA) is 83.1 Å². The monoisotopic (exact) mass is 368 g/mol. The number of hydrogen-bond acceptors (Lipinski definition) is 3. The van der Waals surface area contributed by atoms with E-state index in [0.717, 1.165) is 25.8 Å². The van der Waals surface area contributed by atoms with Gasteiger partial charge in [0.1, 0.15) is 0 Å². The first-order valence-electron chi connectivity index (χ1n) is 8.93. The van der Waals surface area contributed by atoms with E-state index in [1.807, 2.05) is 0 Å². The summed E-state index contributed by atoms with van der Waals surface area (Å²) in [5.41, 5.74) is 0.681. The fourth-order valence-electron chi connectivity index (χ4n) is 2.80. The molecule has 140 valence electrons. The zero-order valence-electron chi connectivity index (χ0n) is 15.4. The maximum absolute atomic E-state index is 12.5. The Labute approximate surface area is 151 Å². The van der Waals surface area contributed by atoms with E-state index >= 15 is 0 Å². The molecule has 1 fully saturated rings. The molecular formula is C18H30N3O3S+. The molecule has 0 radical (unpaired) electrons. The second-order valence-electron chi connectivity index (χ2n) is 7.60. The summed E-state index contributed by atoms with van der Waals surface area (Å²) in [5.74, 6) is -0.166. The van der Waals surface area contributed by atoms with Gasteiger partial charge in [-0.15, -0.1) is 0 Å². The molecule has 1 aliphatic rings. The maximum Gasteiger partial charge on any atom is 0.251 e. The molecule has 1 aromatic rings. The zero-order chi connectivity index (χ0) is 18.5. The van der Waals surface area contributed by atoms with E-state index in [4.69, 9.17) is 0 Å². The lowest BCUT2D eigenvalue weighted by Gasteiger charge is -2.16. The number of benzene rings is 1. The summed E-state index contributed by atoms with van der Waals surface area (Å²) >= 11 is 0. The molecule has 1 heterocycles. The maximum atomic E-state index is 12.5. The van der Waals surface area contributed by atoms with Gasteiger partial charge in [0.25, 0.3) is 5.91 Å². The third-order valence-electron chi connectivity index (χ3n) is 4.24. The molecular weight excluding hydrogens is 338 g/mol. The lowest BCUT2D eigenvalue weighted by molar-refractivity contribution is -0.717. The highest BCUT2D eigenvalue weighted by Crippen LogP contribution is 2.21. The quantitative estimate of drug-likeness (QED) is 0.703. The van der Waals surface area contributed by atoms with Crippen molar-refractivity contribution < 1.29 is 18.5 Å². The van der Waals surface area contributed by atoms with E-state index < -0.39 is 10.0 Å². The van der Waals surface area contributed by atoms with Gasteiger partial charge in [-0.05, 0) is 57.9 Å². The average molecular weight is 369 g/mol. The van der Waals surface area contributed by atoms with Crippen LogP contribution in [0.3, 0.4) is 0 Å². The van der Waals surface area contributed by atoms with Crippen LogP contribution in [0.1, 0.15) is 50.4 Å². The third-order valence-corrected chi connectivity index (χ3v) is 6.16. The lowest BCUT2D eigenvalue weighted by atomic mass is 10.1. The van der Waals surface area contributed by atoms with Gasteiger partial charge in [-0.2, -0.15) is 4.31 Å². The summed E-state index contributed by atoms with van der Waals surface area (Å²) in [7, 11) is -3.42. The molecule has 1 saturated heterocycles. The van der Waals surface area contributed by atoms with Gasteiger partial charge in [0.05, 0.1) is 17.0 Å². The molecule has 0 aromatic heterocycles. The van der Waals surface area contributed by atoms with Crippen LogP contribution in [0.2, 0.25) is 0 Å². The standard InChI is InChI=1S/C18H29N3O3S/c1-18(2,3)20-12-6-11-19-17(22)15-7-9-16(10-8-15)25(23,24)21-13-4-5-14-21/h7-10,20H,4-6,11-14H2,1-3H3,(H,19,22)/p+1. The Morgan fingerprint density at radius 3 is 2.32 bits per heavy atom. The van der Waals surface area contributed by atoms with Gasteiger partial charge < -0.3 is 10.6 Å². The molecule has 1 amide bonds. The first-order chi connectivity index (χ1) is 11.7. The van der Waals surface area contributed by atoms with Crippen LogP contribution in [-0.2, 0) is 10.0 Å². The van der Waals surface area contributed by atoms with Crippen LogP contribution in [-0.4, -0.2) is 50.3 Å². The number of amides is 1. The summed E-state index contributed by atoms with van der Waals surface area (Å²) in [4.78, 5) is 12.4. The number of nitrogens with two attached hydrogens (primary N) is 1. The van der Waals surface area contributed by atoms with Gasteiger partial charge in [0.2, 0.25) is 10.0 Å². The number of rotatable bonds is 7. The van der Waals surface area contributed by atoms with Crippen molar-refractivity contribution in [2.45, 2.75) is 50.5 Å². The Morgan fingerprint density at radius 1 is 1.16 bits per heavy atom. The van der Waals surface area contributed by atoms with Crippen LogP contribution in [0.25, 0.3) is 0 Å². The fraction of sp³-hybridized carbons (Fsp3) is 0.611. The Bertz CT molecular complexity index is 673. The van der Waals surface area contributed by atoms with Crippen LogP contribution < -0.4 is 10.6 Å². The second-order valence-corrected chi connectivity index (χ2v) is 9.54. The van der Waals surface area contributed by atoms with Crippen molar-refractivity contribution in [3.8, 4) is 0 Å². The normalized spacial score (nSPS) is 16.1. The number of sulfonamides is 1. The van der Waals surface area contributed by atoms with Crippen molar-refractivity contribution >= 4 is 15.9 Å². The molecule has 0 unspecified atom stereocenters. The van der Waals surface area contributed by atoms with Crippen LogP contribution in [0.5, 0.6) is 0 Å². The predicted molar refractivity (Wildman–Crippen MR) is 97.9 cm³/mol. The highest BCUT2D eigenvalue weighted by molar-refractivity contribution is 7.89. The molecule has 0 bridgehead atoms. The number of nitrogens with one attached hydrogen (secondary N) is 1. The van der Waals surface area contributed by atoms with Gasteiger partial charge in [0.15, 0.2) is 0 Å². The van der Waals surface area contributed by atoms with E-state index in [9.17, 15) is 13.2 Å². The third kappa shape index (κ3) is 5.80. The Morgan fingerprint density at radius 2 is 1.76 bits per heavy atom. The molecule has 0 spiro atoms. The van der Waals surface area contributed by atoms with Crippen LogP contribution >= 0.6 is 0 Å². The fourth-order valence-corrected chi connectivity index (χ4v) is 4.31. The molecule has 3 N–H and O–H groups in total. The Kier molecular flexibility index (Phi) is 6.59. The predicted octanol–water partition coefficient (Wildman–Crippen LogP) is 0.953. The van der Waals surface area contributed by atoms with E-state index in [-0.39, 0.29) is 16.3 Å². The molecule has 2 rings (SSSR count). The van der Waals surface area contributed by atoms with Crippen molar-refractivity contribution in [2.75, 3.05) is 26.2 Å². The number of carbonyl (C=O) groups is 1. The minimum Gasteiger partial charge on any atom is -0.352 e. The van der Waals surface area contributed by atoms with Crippen LogP contribution in [0, 0.1) is 0 Å². The van der Waals surface area contributed by atoms with Gasteiger partial charge in [-0.25, -0.2) is 8.42 Å². The van der Waals surface area contributed by atoms with E-state index in [0.29, 0.717) is 25.2 Å². The summed E-state index contributed by atoms with van der Waals surface area (Å²) in [6.45, 7) is 9.19. The van der Waals surface area contributed by atoms with Crippen LogP contribution in [0.15, 0.2) is 29.2 Å². The van der Waals surface area contributed by atoms with Crippen molar-refractivity contribution in [2.24, 2.45) is 0 Å². The number of nitrogens with zero attached hydrogens (tertiary/aromatic N) is 1. The summed E-state index contributed by atoms with van der Waals surface area (Å²) in [6, 6.07) is 6.21. The molecule has 1 aliphatic heterocycles. The van der Waals surface area contributed by atoms with Crippen molar-refractivity contribution in [1.82, 2.24) is 9.62 Å². The molecule has 0 saturated carbocycles. The molecule has 0 atom stereocenters. The minimum absolute atomic E-state index is 0.166. The van der Waals surface area contributed by atoms with Gasteiger partial charge in [0, 0.05) is 31.6 Å². The average Bonchev–Trinajstić information content (AvgIpc) is 3.08. The largest absolute Gasteiger partial charge is 0.352 e. The number of quaternary nitrogens is 1. The summed E-state index contributed by atoms with van der Waals surface area (Å²) in [5, 5.41) is 5.13. The Balaban J connectivity index is 1.86. The molecule has 0 aliphatic carbocycles. The summed E-state index contributed by atoms with van der Waals surface area (Å²) in [6.07, 6.45) is 2.71. The SMILES string of the molecule is CC(C)(C)[NH2+]CCCNC(=O)c1ccc(S(=O)(=O)N2CCCC2)cc1. The van der Waals surface area contributed by atoms with Crippen molar-refractivity contribution in [3.63, 3.8) is 0 Å². The van der Waals surface area contributed by atoms with E-state index in [1.165, 1.54) is 16.4 Å². The van der Waals surface area contributed by atoms with Gasteiger partial charge in [-0.3, -0.25) is 4.79 Å². The second kappa shape index (κ2) is 8.29. The van der Waals surface area contributed by atoms with E-state index in [2.05, 4.69) is 31.4 Å². The molecule has 25 heavy (non-hydrogen) atoms. The highest BCUT2D eigenvalue weighted by Gasteiger charge is 2.27. The van der Waals surface area contributed by atoms with Crippen LogP contribution in [0.4, 0.5) is 0 Å². The highest BCUT2D eigenvalue weighted by atomic mass is 32.2. The van der Waals surface area contributed by atoms with E-state index in [1.54, 1.807) is 12.1 Å². The minimum atomic E-state index is -3.42. The molecule has 1 aromatic carbocycles. The number of hydrogen-bond donors (Lipinski definition) is 2. The number of carbonyl (C=O) groups excluding carboxylic acids is 1. The molecule has 6 nitrogen and oxygen atoms in total. The van der Waals surface area contributed by atoms with Gasteiger partial charge >= 0.3 is 0 Å². The van der Waals surface area contributed by atoms with Crippen molar-refractivity contribution in [1.29, 1.82) is 0 Å². The summed E-state index contributed by atoms with van der Waals surface area (Å²) < 4.78 is 26.4. The van der Waals surface area contributed by atoms with Crippen molar-refractivity contribution in [3.05, 3.63) is 29.8 Å². The molecule has 7 heteroatoms. The smallest absolute Gasteiger partial charge is 0.251 e. The Hall–Kier alpha value is -1.44. The first kappa shape index (κ1) is 19.9.